The molecule has 1 heterocycles. The molecule has 4 nitrogen and oxygen atoms in total. The van der Waals surface area contributed by atoms with Crippen LogP contribution in [0.1, 0.15) is 55.2 Å². The molecule has 1 atom stereocenters. The van der Waals surface area contributed by atoms with Gasteiger partial charge in [-0.25, -0.2) is 0 Å². The number of Topliss-reactive ketones (excluding diaryl/α,β-unsaturated/α-hetero) is 1. The number of ether oxygens (including phenoxy) is 1. The maximum absolute atomic E-state index is 13.6. The van der Waals surface area contributed by atoms with Crippen molar-refractivity contribution in [3.63, 3.8) is 0 Å². The summed E-state index contributed by atoms with van der Waals surface area (Å²) in [6, 6.07) is 18.6. The van der Waals surface area contributed by atoms with Gasteiger partial charge in [-0.1, -0.05) is 62.4 Å². The zero-order valence-electron chi connectivity index (χ0n) is 16.7. The number of benzene rings is 2. The fraction of sp³-hybridized carbons (Fsp3) is 0.292. The minimum atomic E-state index is -1.53. The molecule has 0 fully saturated rings. The van der Waals surface area contributed by atoms with Crippen molar-refractivity contribution in [1.29, 1.82) is 0 Å². The van der Waals surface area contributed by atoms with Crippen molar-refractivity contribution in [2.24, 2.45) is 0 Å². The average Bonchev–Trinajstić information content (AvgIpc) is 2.72. The predicted octanol–water partition coefficient (Wildman–Crippen LogP) is 5.06. The summed E-state index contributed by atoms with van der Waals surface area (Å²) in [5.41, 5.74) is 1.02. The Kier molecular flexibility index (Phi) is 5.59. The van der Waals surface area contributed by atoms with Gasteiger partial charge in [-0.15, -0.1) is 0 Å². The third-order valence-electron chi connectivity index (χ3n) is 5.02. The molecule has 0 aliphatic heterocycles. The van der Waals surface area contributed by atoms with Gasteiger partial charge < -0.3 is 4.74 Å². The Bertz CT molecular complexity index is 1010. The Hall–Kier alpha value is -3.01. The molecule has 0 aliphatic carbocycles. The van der Waals surface area contributed by atoms with Crippen LogP contribution in [0.2, 0.25) is 0 Å². The first kappa shape index (κ1) is 19.7. The molecule has 0 spiro atoms. The lowest BCUT2D eigenvalue weighted by atomic mass is 9.75. The number of rotatable bonds is 6. The zero-order valence-corrected chi connectivity index (χ0v) is 16.7. The van der Waals surface area contributed by atoms with Crippen LogP contribution in [0.3, 0.4) is 0 Å². The van der Waals surface area contributed by atoms with E-state index in [9.17, 15) is 9.59 Å². The fourth-order valence-corrected chi connectivity index (χ4v) is 3.42. The van der Waals surface area contributed by atoms with Crippen molar-refractivity contribution in [3.05, 3.63) is 77.5 Å². The van der Waals surface area contributed by atoms with E-state index in [1.54, 1.807) is 38.1 Å². The zero-order chi connectivity index (χ0) is 20.3. The summed E-state index contributed by atoms with van der Waals surface area (Å²) in [5.74, 6) is -0.797. The third-order valence-corrected chi connectivity index (χ3v) is 5.02. The minimum Gasteiger partial charge on any atom is -0.465 e. The van der Waals surface area contributed by atoms with Crippen LogP contribution in [-0.4, -0.2) is 23.3 Å². The van der Waals surface area contributed by atoms with Crippen LogP contribution in [0.5, 0.6) is 0 Å². The van der Waals surface area contributed by atoms with E-state index in [0.717, 1.165) is 16.5 Å². The average molecular weight is 375 g/mol. The van der Waals surface area contributed by atoms with Gasteiger partial charge in [-0.05, 0) is 37.5 Å². The molecule has 4 heteroatoms. The molecule has 3 aromatic rings. The number of carbonyl (C=O) groups excluding carboxylic acids is 2. The first-order chi connectivity index (χ1) is 13.4. The van der Waals surface area contributed by atoms with E-state index < -0.39 is 11.4 Å². The molecule has 144 valence electrons. The molecule has 0 bridgehead atoms. The number of pyridine rings is 1. The second-order valence-corrected chi connectivity index (χ2v) is 7.31. The number of nitrogens with zero attached hydrogens (tertiary/aromatic N) is 1. The van der Waals surface area contributed by atoms with E-state index in [1.165, 1.54) is 0 Å². The lowest BCUT2D eigenvalue weighted by Gasteiger charge is -2.29. The predicted molar refractivity (Wildman–Crippen MR) is 111 cm³/mol. The monoisotopic (exact) mass is 375 g/mol. The van der Waals surface area contributed by atoms with Gasteiger partial charge in [0.25, 0.3) is 0 Å². The molecule has 0 N–H and O–H groups in total. The van der Waals surface area contributed by atoms with Gasteiger partial charge in [0.2, 0.25) is 0 Å². The molecule has 2 aromatic carbocycles. The number of carbonyl (C=O) groups is 2. The molecule has 0 saturated heterocycles. The van der Waals surface area contributed by atoms with Crippen molar-refractivity contribution >= 4 is 22.7 Å². The Morgan fingerprint density at radius 2 is 1.68 bits per heavy atom. The van der Waals surface area contributed by atoms with Gasteiger partial charge in [0.1, 0.15) is 0 Å². The van der Waals surface area contributed by atoms with Crippen LogP contribution in [0.15, 0.2) is 60.7 Å². The fourth-order valence-electron chi connectivity index (χ4n) is 3.42. The number of ketones is 1. The molecular formula is C24H25NO3. The Labute approximate surface area is 165 Å². The van der Waals surface area contributed by atoms with Crippen LogP contribution in [0, 0.1) is 0 Å². The summed E-state index contributed by atoms with van der Waals surface area (Å²) in [4.78, 5) is 31.5. The number of hydrogen-bond acceptors (Lipinski definition) is 4. The second-order valence-electron chi connectivity index (χ2n) is 7.31. The maximum Gasteiger partial charge on any atom is 0.325 e. The van der Waals surface area contributed by atoms with Gasteiger partial charge in [0.15, 0.2) is 11.2 Å². The number of hydrogen-bond donors (Lipinski definition) is 0. The van der Waals surface area contributed by atoms with Crippen LogP contribution in [0.4, 0.5) is 0 Å². The molecule has 1 unspecified atom stereocenters. The van der Waals surface area contributed by atoms with Crippen molar-refractivity contribution in [1.82, 2.24) is 4.98 Å². The summed E-state index contributed by atoms with van der Waals surface area (Å²) < 4.78 is 5.35. The van der Waals surface area contributed by atoms with E-state index in [-0.39, 0.29) is 18.3 Å². The summed E-state index contributed by atoms with van der Waals surface area (Å²) in [7, 11) is 0. The summed E-state index contributed by atoms with van der Waals surface area (Å²) >= 11 is 0. The summed E-state index contributed by atoms with van der Waals surface area (Å²) in [5, 5.41) is 0.980. The van der Waals surface area contributed by atoms with E-state index >= 15 is 0 Å². The van der Waals surface area contributed by atoms with Gasteiger partial charge in [-0.2, -0.15) is 0 Å². The highest BCUT2D eigenvalue weighted by Gasteiger charge is 2.47. The molecule has 1 aromatic heterocycles. The van der Waals surface area contributed by atoms with Crippen molar-refractivity contribution < 1.29 is 14.3 Å². The van der Waals surface area contributed by atoms with Gasteiger partial charge in [0.05, 0.1) is 17.8 Å². The molecule has 3 rings (SSSR count). The molecule has 0 saturated carbocycles. The molecular weight excluding hydrogens is 350 g/mol. The largest absolute Gasteiger partial charge is 0.465 e. The molecule has 0 aliphatic rings. The van der Waals surface area contributed by atoms with Crippen molar-refractivity contribution in [3.8, 4) is 0 Å². The Balaban J connectivity index is 2.30. The molecule has 0 amide bonds. The Morgan fingerprint density at radius 1 is 1.04 bits per heavy atom. The standard InChI is InChI=1S/C24H25NO3/c1-5-28-23(27)24(4,22(26)17-11-7-6-8-12-17)21-19(16(2)3)15-18-13-9-10-14-20(18)25-21/h6-16H,5H2,1-4H3. The first-order valence-electron chi connectivity index (χ1n) is 9.56. The van der Waals surface area contributed by atoms with Crippen LogP contribution >= 0.6 is 0 Å². The van der Waals surface area contributed by atoms with E-state index in [0.29, 0.717) is 11.3 Å². The number of para-hydroxylation sites is 1. The SMILES string of the molecule is CCOC(=O)C(C)(C(=O)c1ccccc1)c1nc2ccccc2cc1C(C)C. The van der Waals surface area contributed by atoms with Gasteiger partial charge in [-0.3, -0.25) is 14.6 Å². The molecule has 28 heavy (non-hydrogen) atoms. The maximum atomic E-state index is 13.6. The van der Waals surface area contributed by atoms with Crippen LogP contribution in [-0.2, 0) is 14.9 Å². The topological polar surface area (TPSA) is 56.3 Å². The van der Waals surface area contributed by atoms with Crippen LogP contribution < -0.4 is 0 Å². The Morgan fingerprint density at radius 3 is 2.32 bits per heavy atom. The molecule has 0 radical (unpaired) electrons. The third kappa shape index (κ3) is 3.42. The van der Waals surface area contributed by atoms with Crippen molar-refractivity contribution in [2.45, 2.75) is 39.0 Å². The number of aromatic nitrogens is 1. The number of esters is 1. The van der Waals surface area contributed by atoms with E-state index in [1.807, 2.05) is 50.2 Å². The normalized spacial score (nSPS) is 13.3. The lowest BCUT2D eigenvalue weighted by Crippen LogP contribution is -2.44. The number of fused-ring (bicyclic) bond motifs is 1. The van der Waals surface area contributed by atoms with E-state index in [4.69, 9.17) is 9.72 Å². The first-order valence-corrected chi connectivity index (χ1v) is 9.56. The summed E-state index contributed by atoms with van der Waals surface area (Å²) in [6.07, 6.45) is 0. The quantitative estimate of drug-likeness (QED) is 0.343. The highest BCUT2D eigenvalue weighted by atomic mass is 16.5. The van der Waals surface area contributed by atoms with Crippen LogP contribution in [0.25, 0.3) is 10.9 Å². The highest BCUT2D eigenvalue weighted by molar-refractivity contribution is 6.17. The van der Waals surface area contributed by atoms with Gasteiger partial charge in [0, 0.05) is 10.9 Å². The smallest absolute Gasteiger partial charge is 0.325 e. The lowest BCUT2D eigenvalue weighted by molar-refractivity contribution is -0.147. The van der Waals surface area contributed by atoms with E-state index in [2.05, 4.69) is 0 Å². The minimum absolute atomic E-state index is 0.0874. The highest BCUT2D eigenvalue weighted by Crippen LogP contribution is 2.36. The summed E-state index contributed by atoms with van der Waals surface area (Å²) in [6.45, 7) is 7.63. The van der Waals surface area contributed by atoms with Crippen molar-refractivity contribution in [2.75, 3.05) is 6.61 Å². The second kappa shape index (κ2) is 7.93. The van der Waals surface area contributed by atoms with Gasteiger partial charge >= 0.3 is 5.97 Å².